The number of halogens is 1. The molecule has 4 rings (SSSR count). The van der Waals surface area contributed by atoms with E-state index in [0.717, 1.165) is 58.2 Å². The van der Waals surface area contributed by atoms with Crippen LogP contribution in [-0.2, 0) is 9.84 Å². The van der Waals surface area contributed by atoms with E-state index in [1.54, 1.807) is 0 Å². The van der Waals surface area contributed by atoms with Gasteiger partial charge in [0.1, 0.15) is 11.6 Å². The van der Waals surface area contributed by atoms with Gasteiger partial charge >= 0.3 is 0 Å². The lowest BCUT2D eigenvalue weighted by atomic mass is 9.97. The molecule has 0 saturated carbocycles. The van der Waals surface area contributed by atoms with Gasteiger partial charge in [-0.25, -0.2) is 17.8 Å². The lowest BCUT2D eigenvalue weighted by Gasteiger charge is -2.39. The molecule has 2 fully saturated rings. The Balaban J connectivity index is 1.19. The standard InChI is InChI=1S/C24H33FN4O2S/c25-22-7-9-23(10-8-22)32(30,31)18-4-13-27-12-3-5-21(19-27)20-28-14-16-29(17-15-28)24-6-1-2-11-26-24/h1-2,6-11,21H,3-5,12-20H2. The molecular formula is C24H33FN4O2S. The average molecular weight is 461 g/mol. The molecule has 0 N–H and O–H groups in total. The molecule has 0 bridgehead atoms. The van der Waals surface area contributed by atoms with Crippen molar-refractivity contribution in [1.82, 2.24) is 14.8 Å². The number of pyridine rings is 1. The van der Waals surface area contributed by atoms with E-state index in [2.05, 4.69) is 25.8 Å². The van der Waals surface area contributed by atoms with Crippen LogP contribution in [0.15, 0.2) is 53.6 Å². The highest BCUT2D eigenvalue weighted by Crippen LogP contribution is 2.20. The molecule has 2 aliphatic rings. The number of piperazine rings is 1. The van der Waals surface area contributed by atoms with Gasteiger partial charge in [0.15, 0.2) is 9.84 Å². The molecule has 0 aliphatic carbocycles. The van der Waals surface area contributed by atoms with Gasteiger partial charge in [-0.1, -0.05) is 6.07 Å². The Kier molecular flexibility index (Phi) is 7.75. The van der Waals surface area contributed by atoms with E-state index < -0.39 is 15.7 Å². The first-order valence-electron chi connectivity index (χ1n) is 11.6. The van der Waals surface area contributed by atoms with E-state index in [1.165, 1.54) is 37.1 Å². The summed E-state index contributed by atoms with van der Waals surface area (Å²) in [4.78, 5) is 12.0. The van der Waals surface area contributed by atoms with Crippen LogP contribution < -0.4 is 4.90 Å². The monoisotopic (exact) mass is 460 g/mol. The van der Waals surface area contributed by atoms with E-state index in [1.807, 2.05) is 18.3 Å². The van der Waals surface area contributed by atoms with Gasteiger partial charge in [-0.15, -0.1) is 0 Å². The molecule has 8 heteroatoms. The molecule has 0 spiro atoms. The minimum absolute atomic E-state index is 0.106. The summed E-state index contributed by atoms with van der Waals surface area (Å²) >= 11 is 0. The summed E-state index contributed by atoms with van der Waals surface area (Å²) in [6.07, 6.45) is 4.87. The van der Waals surface area contributed by atoms with Crippen molar-refractivity contribution in [3.8, 4) is 0 Å². The summed E-state index contributed by atoms with van der Waals surface area (Å²) in [5.74, 6) is 1.39. The van der Waals surface area contributed by atoms with E-state index in [0.29, 0.717) is 12.3 Å². The first-order valence-corrected chi connectivity index (χ1v) is 13.2. The highest BCUT2D eigenvalue weighted by Gasteiger charge is 2.25. The summed E-state index contributed by atoms with van der Waals surface area (Å²) in [5.41, 5.74) is 0. The van der Waals surface area contributed by atoms with Gasteiger partial charge in [-0.3, -0.25) is 4.90 Å². The molecule has 32 heavy (non-hydrogen) atoms. The normalized spacial score (nSPS) is 21.0. The van der Waals surface area contributed by atoms with Gasteiger partial charge in [-0.2, -0.15) is 0 Å². The van der Waals surface area contributed by atoms with Crippen LogP contribution in [-0.4, -0.2) is 81.3 Å². The zero-order valence-corrected chi connectivity index (χ0v) is 19.4. The second kappa shape index (κ2) is 10.7. The van der Waals surface area contributed by atoms with Crippen LogP contribution >= 0.6 is 0 Å². The van der Waals surface area contributed by atoms with Crippen molar-refractivity contribution in [2.45, 2.75) is 24.2 Å². The number of anilines is 1. The third kappa shape index (κ3) is 6.27. The number of sulfone groups is 1. The van der Waals surface area contributed by atoms with E-state index in [4.69, 9.17) is 0 Å². The average Bonchev–Trinajstić information content (AvgIpc) is 2.81. The quantitative estimate of drug-likeness (QED) is 0.565. The summed E-state index contributed by atoms with van der Waals surface area (Å²) in [5, 5.41) is 0. The Hall–Kier alpha value is -2.03. The van der Waals surface area contributed by atoms with Gasteiger partial charge < -0.3 is 9.80 Å². The smallest absolute Gasteiger partial charge is 0.178 e. The number of benzene rings is 1. The molecule has 6 nitrogen and oxygen atoms in total. The molecular weight excluding hydrogens is 427 g/mol. The molecule has 1 unspecified atom stereocenters. The van der Waals surface area contributed by atoms with Gasteiger partial charge in [0.25, 0.3) is 0 Å². The summed E-state index contributed by atoms with van der Waals surface area (Å²) < 4.78 is 38.0. The number of nitrogens with zero attached hydrogens (tertiary/aromatic N) is 4. The fourth-order valence-corrected chi connectivity index (χ4v) is 6.10. The molecule has 0 radical (unpaired) electrons. The highest BCUT2D eigenvalue weighted by atomic mass is 32.2. The Morgan fingerprint density at radius 3 is 2.47 bits per heavy atom. The van der Waals surface area contributed by atoms with Crippen molar-refractivity contribution in [3.05, 3.63) is 54.5 Å². The summed E-state index contributed by atoms with van der Waals surface area (Å²) in [7, 11) is -3.35. The first kappa shape index (κ1) is 23.1. The van der Waals surface area contributed by atoms with Crippen molar-refractivity contribution >= 4 is 15.7 Å². The second-order valence-corrected chi connectivity index (χ2v) is 11.0. The van der Waals surface area contributed by atoms with Crippen LogP contribution in [0.2, 0.25) is 0 Å². The maximum absolute atomic E-state index is 13.1. The van der Waals surface area contributed by atoms with Crippen LogP contribution in [0, 0.1) is 11.7 Å². The Labute approximate surface area is 191 Å². The van der Waals surface area contributed by atoms with Crippen molar-refractivity contribution in [3.63, 3.8) is 0 Å². The largest absolute Gasteiger partial charge is 0.354 e. The number of rotatable bonds is 8. The lowest BCUT2D eigenvalue weighted by molar-refractivity contribution is 0.129. The summed E-state index contributed by atoms with van der Waals surface area (Å²) in [6.45, 7) is 8.12. The van der Waals surface area contributed by atoms with Crippen molar-refractivity contribution in [1.29, 1.82) is 0 Å². The molecule has 2 saturated heterocycles. The number of aromatic nitrogens is 1. The third-order valence-corrected chi connectivity index (χ3v) is 8.34. The molecule has 1 aromatic heterocycles. The van der Waals surface area contributed by atoms with Gasteiger partial charge in [-0.05, 0) is 74.7 Å². The zero-order chi connectivity index (χ0) is 22.4. The Morgan fingerprint density at radius 1 is 0.969 bits per heavy atom. The minimum atomic E-state index is -3.35. The fourth-order valence-electron chi connectivity index (χ4n) is 4.81. The van der Waals surface area contributed by atoms with Crippen LogP contribution in [0.5, 0.6) is 0 Å². The number of hydrogen-bond donors (Lipinski definition) is 0. The SMILES string of the molecule is O=S(=O)(CCCN1CCCC(CN2CCN(c3ccccn3)CC2)C1)c1ccc(F)cc1. The lowest BCUT2D eigenvalue weighted by Crippen LogP contribution is -2.50. The van der Waals surface area contributed by atoms with Crippen LogP contribution in [0.3, 0.4) is 0 Å². The molecule has 0 amide bonds. The van der Waals surface area contributed by atoms with Crippen molar-refractivity contribution in [2.24, 2.45) is 5.92 Å². The minimum Gasteiger partial charge on any atom is -0.354 e. The first-order chi connectivity index (χ1) is 15.5. The van der Waals surface area contributed by atoms with Gasteiger partial charge in [0.05, 0.1) is 10.6 Å². The number of hydrogen-bond acceptors (Lipinski definition) is 6. The predicted octanol–water partition coefficient (Wildman–Crippen LogP) is 2.92. The fraction of sp³-hybridized carbons (Fsp3) is 0.542. The Morgan fingerprint density at radius 2 is 1.75 bits per heavy atom. The zero-order valence-electron chi connectivity index (χ0n) is 18.6. The number of likely N-dealkylation sites (tertiary alicyclic amines) is 1. The maximum Gasteiger partial charge on any atom is 0.178 e. The van der Waals surface area contributed by atoms with Crippen LogP contribution in [0.1, 0.15) is 19.3 Å². The molecule has 1 aromatic carbocycles. The number of piperidine rings is 1. The second-order valence-electron chi connectivity index (χ2n) is 8.91. The van der Waals surface area contributed by atoms with E-state index in [-0.39, 0.29) is 10.6 Å². The van der Waals surface area contributed by atoms with Crippen LogP contribution in [0.4, 0.5) is 10.2 Å². The van der Waals surface area contributed by atoms with Gasteiger partial charge in [0.2, 0.25) is 0 Å². The van der Waals surface area contributed by atoms with Crippen molar-refractivity contribution < 1.29 is 12.8 Å². The molecule has 174 valence electrons. The van der Waals surface area contributed by atoms with Crippen LogP contribution in [0.25, 0.3) is 0 Å². The Bertz CT molecular complexity index is 948. The third-order valence-electron chi connectivity index (χ3n) is 6.53. The van der Waals surface area contributed by atoms with E-state index >= 15 is 0 Å². The highest BCUT2D eigenvalue weighted by molar-refractivity contribution is 7.91. The van der Waals surface area contributed by atoms with Crippen molar-refractivity contribution in [2.75, 3.05) is 63.0 Å². The molecule has 1 atom stereocenters. The predicted molar refractivity (Wildman–Crippen MR) is 125 cm³/mol. The maximum atomic E-state index is 13.1. The van der Waals surface area contributed by atoms with Gasteiger partial charge in [0, 0.05) is 45.5 Å². The topological polar surface area (TPSA) is 56.8 Å². The molecule has 3 heterocycles. The molecule has 2 aromatic rings. The van der Waals surface area contributed by atoms with E-state index in [9.17, 15) is 12.8 Å². The molecule has 2 aliphatic heterocycles. The summed E-state index contributed by atoms with van der Waals surface area (Å²) in [6, 6.07) is 11.2.